The largest absolute Gasteiger partial charge is 0.336 e. The minimum absolute atomic E-state index is 0.106. The van der Waals surface area contributed by atoms with E-state index in [-0.39, 0.29) is 123 Å². The number of pyridine rings is 8. The molecular weight excluding hydrogens is 1870 g/mol. The Balaban J connectivity index is 0.000000104. The van der Waals surface area contributed by atoms with Crippen LogP contribution >= 0.6 is 0 Å². The predicted octanol–water partition coefficient (Wildman–Crippen LogP) is 21.3. The van der Waals surface area contributed by atoms with Crippen LogP contribution in [-0.4, -0.2) is 123 Å². The number of hydrogen-bond donors (Lipinski definition) is 2. The quantitative estimate of drug-likeness (QED) is 0.0903. The fourth-order valence-electron chi connectivity index (χ4n) is 19.2. The zero-order valence-electron chi connectivity index (χ0n) is 77.5. The number of amides is 6. The molecule has 9 aromatic carbocycles. The molecule has 1 spiro atoms. The summed E-state index contributed by atoms with van der Waals surface area (Å²) in [5.41, 5.74) is 18.3. The Hall–Kier alpha value is -18.0. The van der Waals surface area contributed by atoms with Gasteiger partial charge in [0.2, 0.25) is 0 Å². The van der Waals surface area contributed by atoms with Crippen molar-refractivity contribution in [3.8, 4) is 55.6 Å². The minimum atomic E-state index is -1.53. The number of fused-ring (bicyclic) bond motifs is 11. The maximum atomic E-state index is 15.0. The van der Waals surface area contributed by atoms with Crippen LogP contribution < -0.4 is 5.32 Å². The zero-order valence-corrected chi connectivity index (χ0v) is 77.5. The van der Waals surface area contributed by atoms with Gasteiger partial charge in [-0.2, -0.15) is 5.10 Å². The summed E-state index contributed by atoms with van der Waals surface area (Å²) in [5, 5.41) is 12.7. The lowest BCUT2D eigenvalue weighted by molar-refractivity contribution is -0.178. The van der Waals surface area contributed by atoms with Crippen molar-refractivity contribution in [2.75, 3.05) is 18.5 Å². The number of aromatic amines is 1. The maximum absolute atomic E-state index is 15.0. The molecule has 2 N–H and O–H groups in total. The molecule has 0 unspecified atom stereocenters. The average Bonchev–Trinajstić information content (AvgIpc) is 1.58. The Morgan fingerprint density at radius 3 is 1.24 bits per heavy atom. The molecule has 24 nitrogen and oxygen atoms in total. The predicted molar refractivity (Wildman–Crippen MR) is 526 cm³/mol. The first-order chi connectivity index (χ1) is 71.0. The number of H-pyrrole nitrogens is 1. The number of aromatic nitrogens is 10. The summed E-state index contributed by atoms with van der Waals surface area (Å²) in [6, 6.07) is 72.5. The lowest BCUT2D eigenvalue weighted by Gasteiger charge is -2.20. The summed E-state index contributed by atoms with van der Waals surface area (Å²) in [6.45, 7) is 3.88. The van der Waals surface area contributed by atoms with Crippen molar-refractivity contribution in [2.45, 2.75) is 78.2 Å². The van der Waals surface area contributed by atoms with E-state index in [1.165, 1.54) is 63.2 Å². The summed E-state index contributed by atoms with van der Waals surface area (Å²) in [5.74, 6) is -7.88. The van der Waals surface area contributed by atoms with E-state index < -0.39 is 46.6 Å². The summed E-state index contributed by atoms with van der Waals surface area (Å²) >= 11 is 0. The van der Waals surface area contributed by atoms with Gasteiger partial charge < -0.3 is 43.7 Å². The second-order valence-corrected chi connectivity index (χ2v) is 35.8. The van der Waals surface area contributed by atoms with Crippen LogP contribution in [0.5, 0.6) is 0 Å². The summed E-state index contributed by atoms with van der Waals surface area (Å²) in [6.07, 6.45) is 15.3. The number of benzene rings is 9. The smallest absolute Gasteiger partial charge is 0.289 e. The van der Waals surface area contributed by atoms with Gasteiger partial charge in [0.15, 0.2) is 0 Å². The number of nitrogens with zero attached hydrogens (tertiary/aromatic N) is 14. The number of carbonyl (C=O) groups is 6. The average molecular weight is 1950 g/mol. The topological polar surface area (TPSA) is 272 Å². The Labute approximate surface area is 826 Å². The van der Waals surface area contributed by atoms with E-state index in [0.717, 1.165) is 77.6 Å². The first kappa shape index (κ1) is 93.0. The van der Waals surface area contributed by atoms with E-state index in [4.69, 9.17) is 9.47 Å². The fourth-order valence-corrected chi connectivity index (χ4v) is 19.2. The maximum Gasteiger partial charge on any atom is 0.289 e. The molecule has 7 aliphatic rings. The van der Waals surface area contributed by atoms with Crippen LogP contribution in [0, 0.1) is 53.5 Å². The number of hydrogen-bond acceptors (Lipinski definition) is 16. The first-order valence-electron chi connectivity index (χ1n) is 46.6. The number of carbonyl (C=O) groups excluding carboxylic acids is 6. The Morgan fingerprint density at radius 1 is 0.336 bits per heavy atom. The standard InChI is InChI=1S/C24H17F2N3O4.2C23H16FN3O.C22H16F2N4O.C22H15F2N3O/c25-18-9-14(13-3-4-20-17(8-13)24(23(31)28-20)32-6-7-33-24)10-19(26)16(18)11-29-12-21-15(22(29)30)2-1-5-27-21;24-20-12-16(18-6-1-4-15-5-2-11-26-22(15)18)8-9-17(20)13-27-14-21-19(23(27)28)7-3-10-25-21;24-20-11-15(18-10-16-4-1-2-6-21(16)26-12-18)7-8-17(20)13-27-14-22-19(23(27)28)5-3-9-25-22;1-12-16-7-13(4-5-20(16)27-26-12)14-8-18(23)17(19(24)9-14)10-28-11-21-15(22(28)29)3-2-6-25-21;23-19-9-15(14-5-6-16-3-2-8-26(16)11-14)10-20(24)18(19)12-27-13-21-17(22(27)28)4-1-7-25-21/h1-5,8-10H,6-7,11-12H2,(H,28,31);2*1-12H,13-14H2;2-9H,10-11H2,1H3,(H,26,27);1-11H,12-13H2. The summed E-state index contributed by atoms with van der Waals surface area (Å²) in [4.78, 5) is 112. The van der Waals surface area contributed by atoms with Crippen LogP contribution in [0.1, 0.15) is 119 Å². The van der Waals surface area contributed by atoms with Gasteiger partial charge in [-0.05, 0) is 221 Å². The van der Waals surface area contributed by atoms with Gasteiger partial charge in [0.1, 0.15) is 46.5 Å². The molecule has 6 amide bonds. The Kier molecular flexibility index (Phi) is 24.7. The van der Waals surface area contributed by atoms with Gasteiger partial charge in [-0.15, -0.1) is 0 Å². The number of anilines is 1. The molecule has 720 valence electrons. The molecule has 0 atom stereocenters. The highest BCUT2D eigenvalue weighted by Gasteiger charge is 2.53. The Morgan fingerprint density at radius 2 is 0.740 bits per heavy atom. The zero-order chi connectivity index (χ0) is 100. The van der Waals surface area contributed by atoms with Crippen LogP contribution in [0.4, 0.5) is 40.8 Å². The molecule has 17 heterocycles. The van der Waals surface area contributed by atoms with Crippen LogP contribution in [0.3, 0.4) is 0 Å². The van der Waals surface area contributed by atoms with Crippen molar-refractivity contribution in [1.82, 2.24) is 74.0 Å². The number of aryl methyl sites for hydroxylation is 1. The second kappa shape index (κ2) is 38.8. The van der Waals surface area contributed by atoms with Gasteiger partial charge in [0.25, 0.3) is 41.2 Å². The van der Waals surface area contributed by atoms with Crippen molar-refractivity contribution in [2.24, 2.45) is 0 Å². The molecule has 146 heavy (non-hydrogen) atoms. The number of ether oxygens (including phenoxy) is 2. The third kappa shape index (κ3) is 18.0. The van der Waals surface area contributed by atoms with Gasteiger partial charge in [-0.1, -0.05) is 84.9 Å². The van der Waals surface area contributed by atoms with Crippen molar-refractivity contribution in [3.05, 3.63) is 452 Å². The van der Waals surface area contributed by atoms with E-state index >= 15 is 8.78 Å². The lowest BCUT2D eigenvalue weighted by Crippen LogP contribution is -2.35. The van der Waals surface area contributed by atoms with Gasteiger partial charge in [-0.25, -0.2) is 35.1 Å². The minimum Gasteiger partial charge on any atom is -0.336 e. The van der Waals surface area contributed by atoms with E-state index in [9.17, 15) is 55.1 Å². The SMILES string of the molecule is Cc1[nH]nc2ccc(-c3cc(F)c(CN4Cc5ncccc5C4=O)c(F)c3)cc12.O=C1c2cccnc2CN1Cc1c(F)cc(-c2ccc3c(c2)C2(OCCO2)C(=O)N3)cc1F.O=C1c2cccnc2CN1Cc1c(F)cc(-c2ccc3cccn3c2)cc1F.O=C1c2cccnc2CN1Cc1ccc(-c2cccc3cccnc23)cc1F.O=C1c2cccnc2CN1Cc1ccc(-c2cnc3ccccc3c2)cc1F. The molecule has 0 saturated carbocycles. The van der Waals surface area contributed by atoms with Gasteiger partial charge in [0, 0.05) is 141 Å². The molecule has 0 aliphatic carbocycles. The van der Waals surface area contributed by atoms with E-state index in [2.05, 4.69) is 50.4 Å². The van der Waals surface area contributed by atoms with Gasteiger partial charge in [0.05, 0.1) is 144 Å². The van der Waals surface area contributed by atoms with Crippen molar-refractivity contribution >= 4 is 79.4 Å². The highest BCUT2D eigenvalue weighted by Crippen LogP contribution is 2.46. The van der Waals surface area contributed by atoms with Crippen LogP contribution in [0.2, 0.25) is 0 Å². The molecule has 19 aromatic rings. The molecular formula is C114H80F8N16O8. The third-order valence-corrected chi connectivity index (χ3v) is 26.8. The molecule has 0 bridgehead atoms. The summed E-state index contributed by atoms with van der Waals surface area (Å²) in [7, 11) is 0. The third-order valence-electron chi connectivity index (χ3n) is 26.8. The van der Waals surface area contributed by atoms with Gasteiger partial charge >= 0.3 is 0 Å². The number of nitrogens with one attached hydrogen (secondary N) is 2. The molecule has 32 heteroatoms. The molecule has 0 radical (unpaired) electrons. The fraction of sp³-hybridized carbons (Fsp3) is 0.123. The van der Waals surface area contributed by atoms with Crippen LogP contribution in [0.25, 0.3) is 93.9 Å². The highest BCUT2D eigenvalue weighted by atomic mass is 19.2. The molecule has 26 rings (SSSR count). The van der Waals surface area contributed by atoms with Crippen molar-refractivity contribution in [1.29, 1.82) is 0 Å². The van der Waals surface area contributed by atoms with E-state index in [1.807, 2.05) is 133 Å². The number of para-hydroxylation sites is 2. The molecule has 10 aromatic heterocycles. The summed E-state index contributed by atoms with van der Waals surface area (Å²) < 4.78 is 132. The van der Waals surface area contributed by atoms with Crippen molar-refractivity contribution in [3.63, 3.8) is 0 Å². The normalized spacial score (nSPS) is 14.3. The Bertz CT molecular complexity index is 8490. The highest BCUT2D eigenvalue weighted by molar-refractivity contribution is 6.05. The monoisotopic (exact) mass is 1950 g/mol. The van der Waals surface area contributed by atoms with Crippen LogP contribution in [-0.2, 0) is 85.5 Å². The number of halogens is 8. The van der Waals surface area contributed by atoms with Gasteiger partial charge in [-0.3, -0.25) is 68.8 Å². The van der Waals surface area contributed by atoms with E-state index in [1.54, 1.807) is 150 Å². The first-order valence-corrected chi connectivity index (χ1v) is 46.6. The molecule has 1 fully saturated rings. The van der Waals surface area contributed by atoms with Crippen molar-refractivity contribution < 1.29 is 73.4 Å². The van der Waals surface area contributed by atoms with E-state index in [0.29, 0.717) is 114 Å². The van der Waals surface area contributed by atoms with Crippen LogP contribution in [0.15, 0.2) is 311 Å². The lowest BCUT2D eigenvalue weighted by atomic mass is 9.97. The molecule has 7 aliphatic heterocycles. The number of rotatable bonds is 15. The second-order valence-electron chi connectivity index (χ2n) is 35.8. The molecule has 1 saturated heterocycles.